The third-order valence-electron chi connectivity index (χ3n) is 3.17. The highest BCUT2D eigenvalue weighted by Gasteiger charge is 2.11. The lowest BCUT2D eigenvalue weighted by molar-refractivity contribution is 0.549. The van der Waals surface area contributed by atoms with Crippen LogP contribution in [0.5, 0.6) is 0 Å². The first-order valence-corrected chi connectivity index (χ1v) is 6.97. The van der Waals surface area contributed by atoms with Crippen LogP contribution in [0.25, 0.3) is 0 Å². The summed E-state index contributed by atoms with van der Waals surface area (Å²) in [4.78, 5) is 4.02. The zero-order valence-electron chi connectivity index (χ0n) is 10.7. The van der Waals surface area contributed by atoms with Crippen molar-refractivity contribution < 1.29 is 0 Å². The zero-order valence-corrected chi connectivity index (χ0v) is 12.2. The van der Waals surface area contributed by atoms with Gasteiger partial charge in [-0.05, 0) is 55.3 Å². The summed E-state index contributed by atoms with van der Waals surface area (Å²) in [5, 5.41) is 4.51. The van der Waals surface area contributed by atoms with Crippen molar-refractivity contribution >= 4 is 23.2 Å². The van der Waals surface area contributed by atoms with Gasteiger partial charge in [0.25, 0.3) is 0 Å². The van der Waals surface area contributed by atoms with E-state index in [4.69, 9.17) is 23.2 Å². The fourth-order valence-corrected chi connectivity index (χ4v) is 2.37. The van der Waals surface area contributed by atoms with Crippen molar-refractivity contribution in [1.82, 2.24) is 10.3 Å². The molecule has 0 aliphatic carbocycles. The molecule has 0 bridgehead atoms. The average Bonchev–Trinajstić information content (AvgIpc) is 2.44. The highest BCUT2D eigenvalue weighted by atomic mass is 35.5. The monoisotopic (exact) mass is 294 g/mol. The van der Waals surface area contributed by atoms with Gasteiger partial charge in [-0.25, -0.2) is 0 Å². The molecule has 4 heteroatoms. The Morgan fingerprint density at radius 1 is 1.11 bits per heavy atom. The summed E-state index contributed by atoms with van der Waals surface area (Å²) in [7, 11) is 1.96. The third kappa shape index (κ3) is 3.93. The van der Waals surface area contributed by atoms with E-state index in [1.165, 1.54) is 5.56 Å². The van der Waals surface area contributed by atoms with Gasteiger partial charge in [0.2, 0.25) is 0 Å². The van der Waals surface area contributed by atoms with E-state index in [1.54, 1.807) is 0 Å². The molecule has 1 aromatic carbocycles. The predicted octanol–water partition coefficient (Wildman–Crippen LogP) is 4.28. The van der Waals surface area contributed by atoms with E-state index in [0.717, 1.165) is 18.4 Å². The fraction of sp³-hybridized carbons (Fsp3) is 0.267. The van der Waals surface area contributed by atoms with Gasteiger partial charge in [0.1, 0.15) is 0 Å². The van der Waals surface area contributed by atoms with Crippen LogP contribution in [0.1, 0.15) is 23.6 Å². The van der Waals surface area contributed by atoms with Crippen molar-refractivity contribution in [2.45, 2.75) is 18.9 Å². The Morgan fingerprint density at radius 2 is 1.84 bits per heavy atom. The number of halogens is 2. The first kappa shape index (κ1) is 14.3. The molecule has 2 rings (SSSR count). The number of benzene rings is 1. The zero-order chi connectivity index (χ0) is 13.7. The minimum atomic E-state index is 0.267. The Bertz CT molecular complexity index is 529. The molecule has 0 radical (unpaired) electrons. The van der Waals surface area contributed by atoms with E-state index < -0.39 is 0 Å². The molecule has 0 aliphatic rings. The summed E-state index contributed by atoms with van der Waals surface area (Å²) in [6.45, 7) is 0. The quantitative estimate of drug-likeness (QED) is 0.890. The number of nitrogens with zero attached hydrogens (tertiary/aromatic N) is 1. The Balaban J connectivity index is 2.05. The van der Waals surface area contributed by atoms with Crippen molar-refractivity contribution in [3.63, 3.8) is 0 Å². The van der Waals surface area contributed by atoms with Crippen molar-refractivity contribution in [1.29, 1.82) is 0 Å². The van der Waals surface area contributed by atoms with Crippen molar-refractivity contribution in [2.24, 2.45) is 0 Å². The standard InChI is InChI=1S/C15H16Cl2N2/c1-18-15(5-2-11-6-8-19-9-7-11)12-3-4-13(16)14(17)10-12/h3-4,6-10,15,18H,2,5H2,1H3. The first-order valence-electron chi connectivity index (χ1n) is 6.22. The van der Waals surface area contributed by atoms with Gasteiger partial charge in [-0.1, -0.05) is 29.3 Å². The maximum absolute atomic E-state index is 6.06. The average molecular weight is 295 g/mol. The summed E-state index contributed by atoms with van der Waals surface area (Å²) >= 11 is 12.0. The van der Waals surface area contributed by atoms with Crippen molar-refractivity contribution in [3.05, 3.63) is 63.9 Å². The van der Waals surface area contributed by atoms with E-state index in [0.29, 0.717) is 10.0 Å². The van der Waals surface area contributed by atoms with Crippen LogP contribution < -0.4 is 5.32 Å². The lowest BCUT2D eigenvalue weighted by Gasteiger charge is -2.17. The largest absolute Gasteiger partial charge is 0.313 e. The second-order valence-corrected chi connectivity index (χ2v) is 5.22. The predicted molar refractivity (Wildman–Crippen MR) is 80.8 cm³/mol. The van der Waals surface area contributed by atoms with Gasteiger partial charge >= 0.3 is 0 Å². The fourth-order valence-electron chi connectivity index (χ4n) is 2.07. The van der Waals surface area contributed by atoms with Crippen LogP contribution >= 0.6 is 23.2 Å². The highest BCUT2D eigenvalue weighted by molar-refractivity contribution is 6.42. The second kappa shape index (κ2) is 6.90. The number of hydrogen-bond donors (Lipinski definition) is 1. The maximum atomic E-state index is 6.06. The number of rotatable bonds is 5. The molecule has 2 nitrogen and oxygen atoms in total. The number of nitrogens with one attached hydrogen (secondary N) is 1. The Hall–Kier alpha value is -1.09. The Kier molecular flexibility index (Phi) is 5.20. The molecule has 1 atom stereocenters. The normalized spacial score (nSPS) is 12.4. The minimum Gasteiger partial charge on any atom is -0.313 e. The van der Waals surface area contributed by atoms with Gasteiger partial charge in [-0.3, -0.25) is 4.98 Å². The van der Waals surface area contributed by atoms with Crippen molar-refractivity contribution in [2.75, 3.05) is 7.05 Å². The minimum absolute atomic E-state index is 0.267. The van der Waals surface area contributed by atoms with Crippen LogP contribution in [-0.4, -0.2) is 12.0 Å². The third-order valence-corrected chi connectivity index (χ3v) is 3.90. The molecular weight excluding hydrogens is 279 g/mol. The van der Waals surface area contributed by atoms with E-state index in [9.17, 15) is 0 Å². The van der Waals surface area contributed by atoms with Crippen molar-refractivity contribution in [3.8, 4) is 0 Å². The van der Waals surface area contributed by atoms with E-state index in [1.807, 2.05) is 49.8 Å². The van der Waals surface area contributed by atoms with Crippen LogP contribution in [-0.2, 0) is 6.42 Å². The Labute approximate surface area is 123 Å². The molecule has 1 aromatic heterocycles. The Morgan fingerprint density at radius 3 is 2.47 bits per heavy atom. The molecule has 0 spiro atoms. The summed E-state index contributed by atoms with van der Waals surface area (Å²) in [5.41, 5.74) is 2.45. The number of aromatic nitrogens is 1. The smallest absolute Gasteiger partial charge is 0.0595 e. The molecule has 0 fully saturated rings. The lowest BCUT2D eigenvalue weighted by atomic mass is 9.99. The number of hydrogen-bond acceptors (Lipinski definition) is 2. The molecule has 1 heterocycles. The van der Waals surface area contributed by atoms with Crippen LogP contribution in [0.3, 0.4) is 0 Å². The molecule has 0 saturated carbocycles. The molecule has 0 saturated heterocycles. The summed E-state index contributed by atoms with van der Waals surface area (Å²) in [5.74, 6) is 0. The topological polar surface area (TPSA) is 24.9 Å². The van der Waals surface area contributed by atoms with E-state index in [-0.39, 0.29) is 6.04 Å². The van der Waals surface area contributed by atoms with Gasteiger partial charge in [0.15, 0.2) is 0 Å². The van der Waals surface area contributed by atoms with E-state index >= 15 is 0 Å². The van der Waals surface area contributed by atoms with Crippen LogP contribution in [0, 0.1) is 0 Å². The molecule has 1 unspecified atom stereocenters. The first-order chi connectivity index (χ1) is 9.20. The summed E-state index contributed by atoms with van der Waals surface area (Å²) in [6.07, 6.45) is 5.64. The molecule has 1 N–H and O–H groups in total. The molecular formula is C15H16Cl2N2. The highest BCUT2D eigenvalue weighted by Crippen LogP contribution is 2.27. The van der Waals surface area contributed by atoms with Gasteiger partial charge in [0.05, 0.1) is 10.0 Å². The van der Waals surface area contributed by atoms with Gasteiger partial charge in [0, 0.05) is 18.4 Å². The number of pyridine rings is 1. The van der Waals surface area contributed by atoms with Crippen LogP contribution in [0.4, 0.5) is 0 Å². The van der Waals surface area contributed by atoms with Gasteiger partial charge in [-0.2, -0.15) is 0 Å². The van der Waals surface area contributed by atoms with Crippen LogP contribution in [0.15, 0.2) is 42.7 Å². The second-order valence-electron chi connectivity index (χ2n) is 4.41. The molecule has 2 aromatic rings. The SMILES string of the molecule is CNC(CCc1ccncc1)c1ccc(Cl)c(Cl)c1. The molecule has 19 heavy (non-hydrogen) atoms. The molecule has 100 valence electrons. The molecule has 0 amide bonds. The van der Waals surface area contributed by atoms with E-state index in [2.05, 4.69) is 10.3 Å². The van der Waals surface area contributed by atoms with Gasteiger partial charge < -0.3 is 5.32 Å². The maximum Gasteiger partial charge on any atom is 0.0595 e. The number of aryl methyl sites for hydroxylation is 1. The summed E-state index contributed by atoms with van der Waals surface area (Å²) < 4.78 is 0. The van der Waals surface area contributed by atoms with Gasteiger partial charge in [-0.15, -0.1) is 0 Å². The molecule has 0 aliphatic heterocycles. The summed E-state index contributed by atoms with van der Waals surface area (Å²) in [6, 6.07) is 10.1. The lowest BCUT2D eigenvalue weighted by Crippen LogP contribution is -2.17. The van der Waals surface area contributed by atoms with Crippen LogP contribution in [0.2, 0.25) is 10.0 Å².